The van der Waals surface area contributed by atoms with Crippen molar-refractivity contribution < 1.29 is 18.3 Å². The van der Waals surface area contributed by atoms with Gasteiger partial charge in [0.25, 0.3) is 0 Å². The average Bonchev–Trinajstić information content (AvgIpc) is 3.03. The maximum Gasteiger partial charge on any atom is 0.407 e. The molecule has 0 aliphatic rings. The van der Waals surface area contributed by atoms with Gasteiger partial charge in [-0.1, -0.05) is 31.7 Å². The summed E-state index contributed by atoms with van der Waals surface area (Å²) in [6.45, 7) is 4.28. The fourth-order valence-electron chi connectivity index (χ4n) is 2.81. The third-order valence-electron chi connectivity index (χ3n) is 4.21. The zero-order valence-corrected chi connectivity index (χ0v) is 17.7. The molecule has 9 heteroatoms. The molecule has 3 rings (SSSR count). The monoisotopic (exact) mass is 432 g/mol. The quantitative estimate of drug-likeness (QED) is 0.584. The van der Waals surface area contributed by atoms with Crippen LogP contribution in [0.25, 0.3) is 0 Å². The average molecular weight is 432 g/mol. The van der Waals surface area contributed by atoms with Crippen molar-refractivity contribution in [1.82, 2.24) is 19.9 Å². The first kappa shape index (κ1) is 21.8. The van der Waals surface area contributed by atoms with Crippen LogP contribution in [0.5, 0.6) is 0 Å². The van der Waals surface area contributed by atoms with Crippen LogP contribution < -0.4 is 5.32 Å². The van der Waals surface area contributed by atoms with E-state index in [2.05, 4.69) is 15.3 Å². The van der Waals surface area contributed by atoms with Crippen molar-refractivity contribution in [1.29, 1.82) is 0 Å². The SMILES string of the molecule is CNC(=O)OCc1nc(C(C)C)c(Sc2cc(F)cc(F)c2)n1Cc1ccccn1. The normalized spacial score (nSPS) is 11.0. The van der Waals surface area contributed by atoms with E-state index in [0.29, 0.717) is 17.3 Å². The lowest BCUT2D eigenvalue weighted by Gasteiger charge is -2.13. The standard InChI is InChI=1S/C21H22F2N4O2S/c1-13(2)19-20(30-17-9-14(22)8-15(23)10-17)27(11-16-6-4-5-7-25-16)18(26-19)12-29-21(28)24-3/h4-10,13H,11-12H2,1-3H3,(H,24,28). The molecule has 30 heavy (non-hydrogen) atoms. The Morgan fingerprint density at radius 2 is 1.97 bits per heavy atom. The molecule has 6 nitrogen and oxygen atoms in total. The van der Waals surface area contributed by atoms with E-state index in [1.54, 1.807) is 6.20 Å². The van der Waals surface area contributed by atoms with E-state index in [1.165, 1.54) is 30.9 Å². The van der Waals surface area contributed by atoms with Crippen LogP contribution in [0.3, 0.4) is 0 Å². The summed E-state index contributed by atoms with van der Waals surface area (Å²) in [7, 11) is 1.47. The van der Waals surface area contributed by atoms with Crippen molar-refractivity contribution in [2.45, 2.75) is 42.8 Å². The molecule has 2 aromatic heterocycles. The fraction of sp³-hybridized carbons (Fsp3) is 0.286. The third-order valence-corrected chi connectivity index (χ3v) is 5.30. The Morgan fingerprint density at radius 3 is 2.57 bits per heavy atom. The van der Waals surface area contributed by atoms with Crippen LogP contribution in [0.2, 0.25) is 0 Å². The van der Waals surface area contributed by atoms with E-state index in [1.807, 2.05) is 36.6 Å². The van der Waals surface area contributed by atoms with Crippen LogP contribution in [0.15, 0.2) is 52.5 Å². The van der Waals surface area contributed by atoms with Crippen LogP contribution >= 0.6 is 11.8 Å². The third kappa shape index (κ3) is 5.35. The van der Waals surface area contributed by atoms with Gasteiger partial charge in [-0.15, -0.1) is 0 Å². The number of halogens is 2. The Bertz CT molecular complexity index is 1010. The molecule has 0 saturated heterocycles. The summed E-state index contributed by atoms with van der Waals surface area (Å²) in [5.74, 6) is -0.743. The summed E-state index contributed by atoms with van der Waals surface area (Å²) in [6.07, 6.45) is 1.11. The van der Waals surface area contributed by atoms with E-state index >= 15 is 0 Å². The number of alkyl carbamates (subject to hydrolysis) is 1. The predicted octanol–water partition coefficient (Wildman–Crippen LogP) is 4.74. The first-order valence-corrected chi connectivity index (χ1v) is 10.2. The largest absolute Gasteiger partial charge is 0.441 e. The molecular formula is C21H22F2N4O2S. The van der Waals surface area contributed by atoms with Gasteiger partial charge in [-0.25, -0.2) is 18.6 Å². The van der Waals surface area contributed by atoms with Gasteiger partial charge in [0.15, 0.2) is 6.61 Å². The highest BCUT2D eigenvalue weighted by atomic mass is 32.2. The second-order valence-electron chi connectivity index (χ2n) is 6.81. The number of amides is 1. The molecule has 3 aromatic rings. The zero-order valence-electron chi connectivity index (χ0n) is 16.9. The predicted molar refractivity (Wildman–Crippen MR) is 109 cm³/mol. The molecule has 0 aliphatic carbocycles. The molecule has 0 fully saturated rings. The number of nitrogens with zero attached hydrogens (tertiary/aromatic N) is 3. The van der Waals surface area contributed by atoms with Crippen LogP contribution in [0, 0.1) is 11.6 Å². The highest BCUT2D eigenvalue weighted by molar-refractivity contribution is 7.99. The van der Waals surface area contributed by atoms with Crippen molar-refractivity contribution >= 4 is 17.9 Å². The van der Waals surface area contributed by atoms with E-state index in [-0.39, 0.29) is 12.5 Å². The molecule has 0 saturated carbocycles. The Morgan fingerprint density at radius 1 is 1.23 bits per heavy atom. The summed E-state index contributed by atoms with van der Waals surface area (Å²) >= 11 is 1.21. The lowest BCUT2D eigenvalue weighted by Crippen LogP contribution is -2.20. The maximum absolute atomic E-state index is 13.7. The molecule has 0 radical (unpaired) electrons. The minimum Gasteiger partial charge on any atom is -0.441 e. The molecule has 2 heterocycles. The Hall–Kier alpha value is -2.94. The number of benzene rings is 1. The molecule has 0 spiro atoms. The molecule has 0 unspecified atom stereocenters. The number of carbonyl (C=O) groups excluding carboxylic acids is 1. The van der Waals surface area contributed by atoms with Crippen molar-refractivity contribution in [3.8, 4) is 0 Å². The number of aromatic nitrogens is 3. The molecule has 0 aliphatic heterocycles. The van der Waals surface area contributed by atoms with E-state index in [0.717, 1.165) is 22.5 Å². The van der Waals surface area contributed by atoms with E-state index in [9.17, 15) is 13.6 Å². The van der Waals surface area contributed by atoms with Crippen molar-refractivity contribution in [3.63, 3.8) is 0 Å². The molecule has 1 aromatic carbocycles. The van der Waals surface area contributed by atoms with E-state index in [4.69, 9.17) is 4.74 Å². The van der Waals surface area contributed by atoms with Gasteiger partial charge in [0.1, 0.15) is 22.5 Å². The van der Waals surface area contributed by atoms with Crippen molar-refractivity contribution in [2.75, 3.05) is 7.05 Å². The number of carbonyl (C=O) groups is 1. The summed E-state index contributed by atoms with van der Waals surface area (Å²) in [5.41, 5.74) is 1.52. The smallest absolute Gasteiger partial charge is 0.407 e. The fourth-order valence-corrected chi connectivity index (χ4v) is 4.05. The lowest BCUT2D eigenvalue weighted by atomic mass is 10.1. The Labute approximate surface area is 177 Å². The first-order chi connectivity index (χ1) is 14.4. The van der Waals surface area contributed by atoms with Gasteiger partial charge in [-0.2, -0.15) is 0 Å². The highest BCUT2D eigenvalue weighted by Crippen LogP contribution is 2.36. The molecule has 0 bridgehead atoms. The number of imidazole rings is 1. The lowest BCUT2D eigenvalue weighted by molar-refractivity contribution is 0.137. The first-order valence-electron chi connectivity index (χ1n) is 9.35. The summed E-state index contributed by atoms with van der Waals surface area (Å²) < 4.78 is 34.6. The highest BCUT2D eigenvalue weighted by Gasteiger charge is 2.22. The number of nitrogens with one attached hydrogen (secondary N) is 1. The van der Waals surface area contributed by atoms with Crippen molar-refractivity contribution in [3.05, 3.63) is 71.4 Å². The minimum atomic E-state index is -0.650. The minimum absolute atomic E-state index is 0.0367. The number of hydrogen-bond donors (Lipinski definition) is 1. The van der Waals surface area contributed by atoms with Gasteiger partial charge in [0.2, 0.25) is 0 Å². The molecule has 158 valence electrons. The van der Waals surface area contributed by atoms with Crippen LogP contribution in [-0.2, 0) is 17.9 Å². The molecule has 1 N–H and O–H groups in total. The Kier molecular flexibility index (Phi) is 7.04. The van der Waals surface area contributed by atoms with Gasteiger partial charge in [0.05, 0.1) is 17.9 Å². The second-order valence-corrected chi connectivity index (χ2v) is 7.88. The molecular weight excluding hydrogens is 410 g/mol. The topological polar surface area (TPSA) is 69.0 Å². The van der Waals surface area contributed by atoms with Gasteiger partial charge < -0.3 is 14.6 Å². The van der Waals surface area contributed by atoms with Gasteiger partial charge in [-0.3, -0.25) is 4.98 Å². The number of rotatable bonds is 7. The molecule has 0 atom stereocenters. The summed E-state index contributed by atoms with van der Waals surface area (Å²) in [5, 5.41) is 3.12. The van der Waals surface area contributed by atoms with Crippen LogP contribution in [0.1, 0.15) is 37.0 Å². The zero-order chi connectivity index (χ0) is 21.7. The maximum atomic E-state index is 13.7. The van der Waals surface area contributed by atoms with E-state index < -0.39 is 17.7 Å². The number of hydrogen-bond acceptors (Lipinski definition) is 5. The van der Waals surface area contributed by atoms with Crippen molar-refractivity contribution in [2.24, 2.45) is 0 Å². The van der Waals surface area contributed by atoms with Gasteiger partial charge >= 0.3 is 6.09 Å². The van der Waals surface area contributed by atoms with Crippen LogP contribution in [0.4, 0.5) is 13.6 Å². The summed E-state index contributed by atoms with van der Waals surface area (Å²) in [6, 6.07) is 8.94. The van der Waals surface area contributed by atoms with Crippen LogP contribution in [-0.4, -0.2) is 27.7 Å². The van der Waals surface area contributed by atoms with Gasteiger partial charge in [-0.05, 0) is 30.2 Å². The summed E-state index contributed by atoms with van der Waals surface area (Å²) in [4.78, 5) is 21.0. The number of ether oxygens (including phenoxy) is 1. The Balaban J connectivity index is 2.06. The van der Waals surface area contributed by atoms with Gasteiger partial charge in [0, 0.05) is 24.2 Å². The number of pyridine rings is 1. The second kappa shape index (κ2) is 9.71. The molecule has 1 amide bonds.